The molecular weight excluding hydrogens is 136 g/mol. The van der Waals surface area contributed by atoms with Gasteiger partial charge in [-0.05, 0) is 25.7 Å². The quantitative estimate of drug-likeness (QED) is 0.412. The summed E-state index contributed by atoms with van der Waals surface area (Å²) < 4.78 is 0. The summed E-state index contributed by atoms with van der Waals surface area (Å²) in [6.45, 7) is 0. The molecule has 0 aromatic heterocycles. The molecule has 1 N–H and O–H groups in total. The van der Waals surface area contributed by atoms with Crippen molar-refractivity contribution in [1.29, 1.82) is 0 Å². The smallest absolute Gasteiger partial charge is 0.0680 e. The molecule has 0 fully saturated rings. The zero-order valence-electron chi connectivity index (χ0n) is 6.66. The second kappa shape index (κ2) is 4.20. The summed E-state index contributed by atoms with van der Waals surface area (Å²) in [6, 6.07) is 0. The third-order valence-corrected chi connectivity index (χ3v) is 2.12. The third-order valence-electron chi connectivity index (χ3n) is 2.12. The highest BCUT2D eigenvalue weighted by Gasteiger charge is 2.15. The predicted molar refractivity (Wildman–Crippen MR) is 45.9 cm³/mol. The van der Waals surface area contributed by atoms with Crippen molar-refractivity contribution in [2.24, 2.45) is 5.92 Å². The van der Waals surface area contributed by atoms with Crippen LogP contribution in [0.4, 0.5) is 0 Å². The van der Waals surface area contributed by atoms with Gasteiger partial charge < -0.3 is 5.11 Å². The van der Waals surface area contributed by atoms with E-state index in [2.05, 4.69) is 18.1 Å². The first-order valence-electron chi connectivity index (χ1n) is 4.14. The summed E-state index contributed by atoms with van der Waals surface area (Å²) in [6.07, 6.45) is 13.0. The fourth-order valence-electron chi connectivity index (χ4n) is 1.37. The summed E-state index contributed by atoms with van der Waals surface area (Å²) in [5, 5.41) is 9.50. The molecule has 0 bridgehead atoms. The lowest BCUT2D eigenvalue weighted by Gasteiger charge is -2.18. The minimum absolute atomic E-state index is 0.0694. The van der Waals surface area contributed by atoms with Gasteiger partial charge in [-0.2, -0.15) is 0 Å². The van der Waals surface area contributed by atoms with E-state index in [1.807, 2.05) is 0 Å². The van der Waals surface area contributed by atoms with Gasteiger partial charge in [-0.25, -0.2) is 0 Å². The van der Waals surface area contributed by atoms with Gasteiger partial charge in [0.1, 0.15) is 0 Å². The molecule has 0 spiro atoms. The minimum atomic E-state index is -0.287. The van der Waals surface area contributed by atoms with E-state index in [0.29, 0.717) is 0 Å². The number of terminal acetylenes is 1. The molecule has 1 nitrogen and oxygen atoms in total. The molecule has 0 amide bonds. The summed E-state index contributed by atoms with van der Waals surface area (Å²) in [5.41, 5.74) is 0. The number of hydrogen-bond donors (Lipinski definition) is 1. The topological polar surface area (TPSA) is 20.2 Å². The van der Waals surface area contributed by atoms with Crippen LogP contribution in [0, 0.1) is 18.3 Å². The molecule has 1 rings (SSSR count). The Labute approximate surface area is 68.1 Å². The lowest BCUT2D eigenvalue weighted by molar-refractivity contribution is 0.120. The van der Waals surface area contributed by atoms with Crippen LogP contribution in [0.1, 0.15) is 25.7 Å². The molecule has 0 aromatic carbocycles. The molecule has 2 atom stereocenters. The van der Waals surface area contributed by atoms with Crippen LogP contribution < -0.4 is 0 Å². The molecule has 11 heavy (non-hydrogen) atoms. The molecule has 1 aliphatic rings. The van der Waals surface area contributed by atoms with Gasteiger partial charge in [-0.3, -0.25) is 0 Å². The lowest BCUT2D eigenvalue weighted by Crippen LogP contribution is -2.19. The van der Waals surface area contributed by atoms with Crippen LogP contribution in [0.3, 0.4) is 0 Å². The van der Waals surface area contributed by atoms with E-state index in [0.717, 1.165) is 25.7 Å². The molecular formula is C10H14O. The maximum atomic E-state index is 9.50. The lowest BCUT2D eigenvalue weighted by atomic mass is 9.92. The Morgan fingerprint density at radius 1 is 1.27 bits per heavy atom. The van der Waals surface area contributed by atoms with Crippen LogP contribution in [-0.2, 0) is 0 Å². The standard InChI is InChI=1S/C10H14O/c1-2-9-7-5-3-4-6-8-10(9)11/h1,3-4,9-11H,5-8H2/b4-3-/t9-,10-/m1/s1. The van der Waals surface area contributed by atoms with Crippen molar-refractivity contribution in [3.8, 4) is 12.3 Å². The largest absolute Gasteiger partial charge is 0.392 e. The highest BCUT2D eigenvalue weighted by atomic mass is 16.3. The monoisotopic (exact) mass is 150 g/mol. The summed E-state index contributed by atoms with van der Waals surface area (Å²) >= 11 is 0. The van der Waals surface area contributed by atoms with Gasteiger partial charge in [0.05, 0.1) is 6.10 Å². The second-order valence-electron chi connectivity index (χ2n) is 2.97. The highest BCUT2D eigenvalue weighted by molar-refractivity contribution is 5.00. The predicted octanol–water partition coefficient (Wildman–Crippen LogP) is 1.73. The van der Waals surface area contributed by atoms with E-state index >= 15 is 0 Å². The molecule has 0 aromatic rings. The molecule has 1 aliphatic carbocycles. The molecule has 0 aliphatic heterocycles. The van der Waals surface area contributed by atoms with Crippen molar-refractivity contribution in [3.05, 3.63) is 12.2 Å². The van der Waals surface area contributed by atoms with Crippen LogP contribution in [0.25, 0.3) is 0 Å². The Hall–Kier alpha value is -0.740. The highest BCUT2D eigenvalue weighted by Crippen LogP contribution is 2.18. The molecule has 0 radical (unpaired) electrons. The first-order valence-corrected chi connectivity index (χ1v) is 4.14. The Balaban J connectivity index is 2.52. The van der Waals surface area contributed by atoms with E-state index < -0.39 is 0 Å². The third kappa shape index (κ3) is 2.40. The van der Waals surface area contributed by atoms with E-state index in [9.17, 15) is 5.11 Å². The summed E-state index contributed by atoms with van der Waals surface area (Å²) in [4.78, 5) is 0. The normalized spacial score (nSPS) is 34.9. The van der Waals surface area contributed by atoms with Crippen molar-refractivity contribution in [1.82, 2.24) is 0 Å². The molecule has 60 valence electrons. The SMILES string of the molecule is C#C[C@@H]1CC/C=C\CC[C@H]1O. The molecule has 1 heteroatoms. The van der Waals surface area contributed by atoms with Crippen LogP contribution in [0.15, 0.2) is 12.2 Å². The maximum Gasteiger partial charge on any atom is 0.0680 e. The fourth-order valence-corrected chi connectivity index (χ4v) is 1.37. The van der Waals surface area contributed by atoms with E-state index in [-0.39, 0.29) is 12.0 Å². The average molecular weight is 150 g/mol. The molecule has 0 heterocycles. The van der Waals surface area contributed by atoms with Gasteiger partial charge in [-0.1, -0.05) is 12.2 Å². The van der Waals surface area contributed by atoms with E-state index in [4.69, 9.17) is 6.42 Å². The first-order chi connectivity index (χ1) is 5.34. The van der Waals surface area contributed by atoms with Crippen LogP contribution in [0.5, 0.6) is 0 Å². The minimum Gasteiger partial charge on any atom is -0.392 e. The van der Waals surface area contributed by atoms with Crippen LogP contribution in [-0.4, -0.2) is 11.2 Å². The van der Waals surface area contributed by atoms with Crippen LogP contribution >= 0.6 is 0 Å². The number of allylic oxidation sites excluding steroid dienone is 2. The molecule has 0 saturated carbocycles. The zero-order chi connectivity index (χ0) is 8.10. The van der Waals surface area contributed by atoms with Gasteiger partial charge in [0.2, 0.25) is 0 Å². The fraction of sp³-hybridized carbons (Fsp3) is 0.600. The van der Waals surface area contributed by atoms with Crippen molar-refractivity contribution in [2.45, 2.75) is 31.8 Å². The van der Waals surface area contributed by atoms with Gasteiger partial charge in [0.15, 0.2) is 0 Å². The van der Waals surface area contributed by atoms with Gasteiger partial charge in [-0.15, -0.1) is 12.3 Å². The van der Waals surface area contributed by atoms with Gasteiger partial charge in [0, 0.05) is 5.92 Å². The van der Waals surface area contributed by atoms with Crippen molar-refractivity contribution < 1.29 is 5.11 Å². The Bertz CT molecular complexity index is 176. The van der Waals surface area contributed by atoms with Crippen molar-refractivity contribution in [3.63, 3.8) is 0 Å². The number of aliphatic hydroxyl groups is 1. The number of aliphatic hydroxyl groups excluding tert-OH is 1. The summed E-state index contributed by atoms with van der Waals surface area (Å²) in [7, 11) is 0. The Morgan fingerprint density at radius 2 is 1.91 bits per heavy atom. The Kier molecular flexibility index (Phi) is 3.19. The summed E-state index contributed by atoms with van der Waals surface area (Å²) in [5.74, 6) is 2.71. The van der Waals surface area contributed by atoms with E-state index in [1.165, 1.54) is 0 Å². The zero-order valence-corrected chi connectivity index (χ0v) is 6.66. The van der Waals surface area contributed by atoms with Crippen molar-refractivity contribution in [2.75, 3.05) is 0 Å². The van der Waals surface area contributed by atoms with Crippen LogP contribution in [0.2, 0.25) is 0 Å². The molecule has 0 saturated heterocycles. The van der Waals surface area contributed by atoms with Crippen molar-refractivity contribution >= 4 is 0 Å². The Morgan fingerprint density at radius 3 is 2.55 bits per heavy atom. The molecule has 0 unspecified atom stereocenters. The second-order valence-corrected chi connectivity index (χ2v) is 2.97. The van der Waals surface area contributed by atoms with Gasteiger partial charge >= 0.3 is 0 Å². The number of hydrogen-bond acceptors (Lipinski definition) is 1. The number of rotatable bonds is 0. The maximum absolute atomic E-state index is 9.50. The average Bonchev–Trinajstić information content (AvgIpc) is 1.98. The first kappa shape index (κ1) is 8.36. The van der Waals surface area contributed by atoms with E-state index in [1.54, 1.807) is 0 Å². The van der Waals surface area contributed by atoms with Gasteiger partial charge in [0.25, 0.3) is 0 Å².